The number of hydrogen-bond donors (Lipinski definition) is 2. The largest absolute Gasteiger partial charge is 0.407 e. The van der Waals surface area contributed by atoms with Crippen molar-refractivity contribution in [3.8, 4) is 0 Å². The van der Waals surface area contributed by atoms with Gasteiger partial charge < -0.3 is 10.4 Å². The van der Waals surface area contributed by atoms with Gasteiger partial charge in [0.25, 0.3) is 0 Å². The van der Waals surface area contributed by atoms with Gasteiger partial charge in [-0.15, -0.1) is 0 Å². The summed E-state index contributed by atoms with van der Waals surface area (Å²) < 4.78 is 37.8. The third-order valence-electron chi connectivity index (χ3n) is 2.11. The van der Waals surface area contributed by atoms with E-state index in [-0.39, 0.29) is 18.3 Å². The Bertz CT molecular complexity index is 437. The van der Waals surface area contributed by atoms with Gasteiger partial charge >= 0.3 is 6.18 Å². The predicted octanol–water partition coefficient (Wildman–Crippen LogP) is 3.05. The van der Waals surface area contributed by atoms with Crippen LogP contribution in [0, 0.1) is 6.57 Å². The molecule has 0 amide bonds. The van der Waals surface area contributed by atoms with Gasteiger partial charge in [-0.3, -0.25) is 0 Å². The molecule has 1 aromatic rings. The highest BCUT2D eigenvalue weighted by atomic mass is 19.4. The molecule has 0 radical (unpaired) electrons. The zero-order valence-electron chi connectivity index (χ0n) is 9.04. The van der Waals surface area contributed by atoms with Crippen molar-refractivity contribution in [2.24, 2.45) is 0 Å². The Labute approximate surface area is 96.7 Å². The predicted molar refractivity (Wildman–Crippen MR) is 57.9 cm³/mol. The van der Waals surface area contributed by atoms with Crippen LogP contribution in [0.2, 0.25) is 0 Å². The lowest BCUT2D eigenvalue weighted by molar-refractivity contribution is -0.136. The van der Waals surface area contributed by atoms with E-state index in [0.717, 1.165) is 12.1 Å². The molecule has 0 saturated carbocycles. The molecule has 6 heteroatoms. The van der Waals surface area contributed by atoms with E-state index in [0.29, 0.717) is 0 Å². The maximum atomic E-state index is 12.6. The molecule has 0 bridgehead atoms. The van der Waals surface area contributed by atoms with Crippen molar-refractivity contribution in [2.75, 3.05) is 11.9 Å². The lowest BCUT2D eigenvalue weighted by Crippen LogP contribution is -2.19. The van der Waals surface area contributed by atoms with E-state index >= 15 is 0 Å². The summed E-state index contributed by atoms with van der Waals surface area (Å²) in [5, 5.41) is 11.5. The van der Waals surface area contributed by atoms with Gasteiger partial charge in [0.2, 0.25) is 0 Å². The Balaban J connectivity index is 3.11. The zero-order valence-corrected chi connectivity index (χ0v) is 9.04. The van der Waals surface area contributed by atoms with E-state index in [2.05, 4.69) is 10.2 Å². The number of alkyl halides is 3. The summed E-state index contributed by atoms with van der Waals surface area (Å²) in [7, 11) is 0. The van der Waals surface area contributed by atoms with Gasteiger partial charge in [0.15, 0.2) is 5.69 Å². The van der Waals surface area contributed by atoms with Gasteiger partial charge in [-0.2, -0.15) is 13.2 Å². The van der Waals surface area contributed by atoms with Gasteiger partial charge in [0.05, 0.1) is 18.7 Å². The third kappa shape index (κ3) is 3.36. The second-order valence-corrected chi connectivity index (χ2v) is 3.57. The second-order valence-electron chi connectivity index (χ2n) is 3.57. The number of nitrogens with zero attached hydrogens (tertiary/aromatic N) is 1. The summed E-state index contributed by atoms with van der Waals surface area (Å²) in [5.41, 5.74) is -1.17. The summed E-state index contributed by atoms with van der Waals surface area (Å²) in [4.78, 5) is 2.83. The molecule has 17 heavy (non-hydrogen) atoms. The molecule has 1 aromatic carbocycles. The Kier molecular flexibility index (Phi) is 3.97. The number of benzene rings is 1. The van der Waals surface area contributed by atoms with Crippen molar-refractivity contribution in [3.05, 3.63) is 35.2 Å². The van der Waals surface area contributed by atoms with Crippen molar-refractivity contribution >= 4 is 11.4 Å². The first-order valence-corrected chi connectivity index (χ1v) is 4.84. The third-order valence-corrected chi connectivity index (χ3v) is 2.11. The van der Waals surface area contributed by atoms with Crippen molar-refractivity contribution in [2.45, 2.75) is 19.1 Å². The normalized spacial score (nSPS) is 12.9. The molecule has 1 atom stereocenters. The van der Waals surface area contributed by atoms with Crippen molar-refractivity contribution in [1.82, 2.24) is 0 Å². The van der Waals surface area contributed by atoms with Crippen molar-refractivity contribution in [3.63, 3.8) is 0 Å². The topological polar surface area (TPSA) is 36.6 Å². The number of aliphatic hydroxyl groups excluding tert-OH is 1. The number of halogens is 3. The fourth-order valence-corrected chi connectivity index (χ4v) is 1.28. The summed E-state index contributed by atoms with van der Waals surface area (Å²) in [6.07, 6.45) is -4.56. The van der Waals surface area contributed by atoms with Crippen LogP contribution in [0.25, 0.3) is 4.85 Å². The molecule has 0 saturated heterocycles. The van der Waals surface area contributed by atoms with Crippen LogP contribution in [0.15, 0.2) is 18.2 Å². The number of nitrogens with one attached hydrogen (secondary N) is 1. The molecular formula is C11H11F3N2O. The van der Waals surface area contributed by atoms with E-state index in [1.54, 1.807) is 6.92 Å². The van der Waals surface area contributed by atoms with Gasteiger partial charge in [0, 0.05) is 11.7 Å². The fourth-order valence-electron chi connectivity index (χ4n) is 1.28. The Morgan fingerprint density at radius 2 is 2.12 bits per heavy atom. The Morgan fingerprint density at radius 1 is 1.47 bits per heavy atom. The molecule has 0 fully saturated rings. The van der Waals surface area contributed by atoms with Crippen LogP contribution in [-0.4, -0.2) is 17.8 Å². The lowest BCUT2D eigenvalue weighted by atomic mass is 10.1. The molecule has 0 aromatic heterocycles. The van der Waals surface area contributed by atoms with Crippen LogP contribution < -0.4 is 5.32 Å². The molecular weight excluding hydrogens is 233 g/mol. The number of anilines is 1. The van der Waals surface area contributed by atoms with Crippen LogP contribution in [-0.2, 0) is 6.18 Å². The maximum absolute atomic E-state index is 12.6. The zero-order chi connectivity index (χ0) is 13.1. The molecule has 92 valence electrons. The second kappa shape index (κ2) is 5.06. The van der Waals surface area contributed by atoms with Crippen LogP contribution in [0.5, 0.6) is 0 Å². The average molecular weight is 244 g/mol. The molecule has 1 rings (SSSR count). The highest BCUT2D eigenvalue weighted by Gasteiger charge is 2.33. The first kappa shape index (κ1) is 13.3. The number of aliphatic hydroxyl groups is 1. The maximum Gasteiger partial charge on any atom is 0.407 e. The van der Waals surface area contributed by atoms with E-state index in [1.807, 2.05) is 0 Å². The fraction of sp³-hybridized carbons (Fsp3) is 0.364. The summed E-state index contributed by atoms with van der Waals surface area (Å²) in [5.74, 6) is 0. The van der Waals surface area contributed by atoms with E-state index in [9.17, 15) is 13.2 Å². The van der Waals surface area contributed by atoms with Crippen LogP contribution in [0.3, 0.4) is 0 Å². The first-order valence-electron chi connectivity index (χ1n) is 4.84. The van der Waals surface area contributed by atoms with Gasteiger partial charge in [0.1, 0.15) is 0 Å². The highest BCUT2D eigenvalue weighted by molar-refractivity contribution is 5.61. The van der Waals surface area contributed by atoms with E-state index < -0.39 is 17.4 Å². The molecule has 0 aliphatic carbocycles. The first-order chi connectivity index (χ1) is 7.88. The standard InChI is InChI=1S/C11H11F3N2O/c1-7(6-17)16-8-3-4-10(15-2)9(5-8)11(12,13)14/h3-5,7,16-17H,6H2,1H3/t7-/m0/s1. The van der Waals surface area contributed by atoms with E-state index in [4.69, 9.17) is 11.7 Å². The molecule has 0 spiro atoms. The van der Waals surface area contributed by atoms with Crippen LogP contribution in [0.4, 0.5) is 24.5 Å². The van der Waals surface area contributed by atoms with Crippen molar-refractivity contribution in [1.29, 1.82) is 0 Å². The molecule has 2 N–H and O–H groups in total. The monoisotopic (exact) mass is 244 g/mol. The summed E-state index contributed by atoms with van der Waals surface area (Å²) >= 11 is 0. The van der Waals surface area contributed by atoms with Crippen LogP contribution >= 0.6 is 0 Å². The van der Waals surface area contributed by atoms with Crippen LogP contribution in [0.1, 0.15) is 12.5 Å². The number of hydrogen-bond acceptors (Lipinski definition) is 2. The van der Waals surface area contributed by atoms with Gasteiger partial charge in [-0.05, 0) is 19.1 Å². The quantitative estimate of drug-likeness (QED) is 0.802. The highest BCUT2D eigenvalue weighted by Crippen LogP contribution is 2.38. The lowest BCUT2D eigenvalue weighted by Gasteiger charge is -2.15. The molecule has 0 aliphatic rings. The molecule has 0 heterocycles. The SMILES string of the molecule is [C-]#[N+]c1ccc(N[C@@H](C)CO)cc1C(F)(F)F. The van der Waals surface area contributed by atoms with Crippen molar-refractivity contribution < 1.29 is 18.3 Å². The molecule has 0 unspecified atom stereocenters. The minimum absolute atomic E-state index is 0.189. The minimum Gasteiger partial charge on any atom is -0.394 e. The molecule has 3 nitrogen and oxygen atoms in total. The van der Waals surface area contributed by atoms with Gasteiger partial charge in [-0.1, -0.05) is 6.07 Å². The Hall–Kier alpha value is -1.74. The Morgan fingerprint density at radius 3 is 2.59 bits per heavy atom. The summed E-state index contributed by atoms with van der Waals surface area (Å²) in [6.45, 7) is 8.12. The van der Waals surface area contributed by atoms with Gasteiger partial charge in [-0.25, -0.2) is 4.85 Å². The average Bonchev–Trinajstić information content (AvgIpc) is 2.27. The smallest absolute Gasteiger partial charge is 0.394 e. The molecule has 0 aliphatic heterocycles. The minimum atomic E-state index is -4.56. The summed E-state index contributed by atoms with van der Waals surface area (Å²) in [6, 6.07) is 3.02. The van der Waals surface area contributed by atoms with E-state index in [1.165, 1.54) is 6.07 Å². The number of rotatable bonds is 3.